The standard InChI is InChI=1S/C10H16N2OS/c13-5-9(10-6-14-7-11-10)12-8-3-1-2-4-8/h6-9,12-13H,1-5H2. The van der Waals surface area contributed by atoms with Crippen LogP contribution in [0, 0.1) is 0 Å². The Morgan fingerprint density at radius 2 is 2.36 bits per heavy atom. The van der Waals surface area contributed by atoms with Gasteiger partial charge in [-0.15, -0.1) is 11.3 Å². The normalized spacial score (nSPS) is 20.1. The van der Waals surface area contributed by atoms with Crippen LogP contribution in [0.4, 0.5) is 0 Å². The summed E-state index contributed by atoms with van der Waals surface area (Å²) in [6.45, 7) is 0.139. The summed E-state index contributed by atoms with van der Waals surface area (Å²) in [5.41, 5.74) is 2.79. The van der Waals surface area contributed by atoms with Crippen molar-refractivity contribution in [2.24, 2.45) is 0 Å². The predicted molar refractivity (Wildman–Crippen MR) is 57.3 cm³/mol. The van der Waals surface area contributed by atoms with Gasteiger partial charge in [-0.3, -0.25) is 0 Å². The first kappa shape index (κ1) is 10.1. The highest BCUT2D eigenvalue weighted by Gasteiger charge is 2.20. The van der Waals surface area contributed by atoms with E-state index >= 15 is 0 Å². The third-order valence-electron chi connectivity index (χ3n) is 2.78. The fourth-order valence-corrected chi connectivity index (χ4v) is 2.61. The fraction of sp³-hybridized carbons (Fsp3) is 0.700. The molecule has 0 aliphatic heterocycles. The van der Waals surface area contributed by atoms with Gasteiger partial charge in [0.25, 0.3) is 0 Å². The SMILES string of the molecule is OCC(NC1CCCC1)c1cscn1. The zero-order valence-corrected chi connectivity index (χ0v) is 8.96. The van der Waals surface area contributed by atoms with Crippen molar-refractivity contribution in [1.82, 2.24) is 10.3 Å². The molecule has 0 radical (unpaired) electrons. The van der Waals surface area contributed by atoms with Crippen LogP contribution < -0.4 is 5.32 Å². The first-order valence-electron chi connectivity index (χ1n) is 5.15. The summed E-state index contributed by atoms with van der Waals surface area (Å²) in [4.78, 5) is 4.23. The maximum Gasteiger partial charge on any atom is 0.0795 e. The van der Waals surface area contributed by atoms with E-state index in [1.54, 1.807) is 11.3 Å². The molecule has 0 spiro atoms. The van der Waals surface area contributed by atoms with Crippen molar-refractivity contribution in [3.63, 3.8) is 0 Å². The van der Waals surface area contributed by atoms with Crippen molar-refractivity contribution >= 4 is 11.3 Å². The Kier molecular flexibility index (Phi) is 3.50. The van der Waals surface area contributed by atoms with Crippen molar-refractivity contribution < 1.29 is 5.11 Å². The largest absolute Gasteiger partial charge is 0.394 e. The molecule has 1 aromatic heterocycles. The molecule has 1 aliphatic rings. The minimum absolute atomic E-state index is 0.0318. The van der Waals surface area contributed by atoms with E-state index in [-0.39, 0.29) is 12.6 Å². The van der Waals surface area contributed by atoms with Crippen LogP contribution in [-0.2, 0) is 0 Å². The average Bonchev–Trinajstić information content (AvgIpc) is 2.86. The van der Waals surface area contributed by atoms with E-state index in [4.69, 9.17) is 0 Å². The van der Waals surface area contributed by atoms with Crippen molar-refractivity contribution in [2.75, 3.05) is 6.61 Å². The first-order chi connectivity index (χ1) is 6.90. The summed E-state index contributed by atoms with van der Waals surface area (Å²) in [6.07, 6.45) is 5.10. The Hall–Kier alpha value is -0.450. The van der Waals surface area contributed by atoms with Crippen LogP contribution in [0.25, 0.3) is 0 Å². The van der Waals surface area contributed by atoms with Crippen LogP contribution in [0.1, 0.15) is 37.4 Å². The van der Waals surface area contributed by atoms with E-state index in [2.05, 4.69) is 10.3 Å². The Morgan fingerprint density at radius 1 is 1.57 bits per heavy atom. The molecule has 1 atom stereocenters. The number of nitrogens with zero attached hydrogens (tertiary/aromatic N) is 1. The number of rotatable bonds is 4. The second kappa shape index (κ2) is 4.87. The van der Waals surface area contributed by atoms with Crippen LogP contribution in [0.5, 0.6) is 0 Å². The van der Waals surface area contributed by atoms with E-state index in [1.807, 2.05) is 10.9 Å². The minimum atomic E-state index is 0.0318. The van der Waals surface area contributed by atoms with Gasteiger partial charge in [0.1, 0.15) is 0 Å². The van der Waals surface area contributed by atoms with Gasteiger partial charge in [-0.05, 0) is 12.8 Å². The fourth-order valence-electron chi connectivity index (χ4n) is 2.00. The average molecular weight is 212 g/mol. The van der Waals surface area contributed by atoms with E-state index in [9.17, 15) is 5.11 Å². The van der Waals surface area contributed by atoms with Gasteiger partial charge in [0, 0.05) is 11.4 Å². The lowest BCUT2D eigenvalue weighted by molar-refractivity contribution is 0.231. The summed E-state index contributed by atoms with van der Waals surface area (Å²) < 4.78 is 0. The maximum absolute atomic E-state index is 9.26. The van der Waals surface area contributed by atoms with Crippen molar-refractivity contribution in [1.29, 1.82) is 0 Å². The molecule has 0 amide bonds. The summed E-state index contributed by atoms with van der Waals surface area (Å²) in [5, 5.41) is 14.7. The molecule has 3 nitrogen and oxygen atoms in total. The number of aliphatic hydroxyl groups excluding tert-OH is 1. The third kappa shape index (κ3) is 2.32. The summed E-state index contributed by atoms with van der Waals surface area (Å²) in [5.74, 6) is 0. The molecule has 78 valence electrons. The Balaban J connectivity index is 1.93. The van der Waals surface area contributed by atoms with Gasteiger partial charge in [0.15, 0.2) is 0 Å². The molecule has 0 aromatic carbocycles. The molecule has 1 unspecified atom stereocenters. The van der Waals surface area contributed by atoms with Crippen LogP contribution in [0.15, 0.2) is 10.9 Å². The molecule has 1 fully saturated rings. The van der Waals surface area contributed by atoms with Crippen molar-refractivity contribution in [3.05, 3.63) is 16.6 Å². The predicted octanol–water partition coefficient (Wildman–Crippen LogP) is 1.71. The van der Waals surface area contributed by atoms with E-state index in [1.165, 1.54) is 25.7 Å². The lowest BCUT2D eigenvalue weighted by atomic mass is 10.2. The highest BCUT2D eigenvalue weighted by atomic mass is 32.1. The first-order valence-corrected chi connectivity index (χ1v) is 6.09. The van der Waals surface area contributed by atoms with Crippen LogP contribution in [0.2, 0.25) is 0 Å². The Morgan fingerprint density at radius 3 is 2.93 bits per heavy atom. The minimum Gasteiger partial charge on any atom is -0.394 e. The molecule has 2 rings (SSSR count). The Labute approximate surface area is 88.2 Å². The molecule has 14 heavy (non-hydrogen) atoms. The number of aliphatic hydroxyl groups is 1. The highest BCUT2D eigenvalue weighted by Crippen LogP contribution is 2.21. The molecule has 1 heterocycles. The lowest BCUT2D eigenvalue weighted by Crippen LogP contribution is -2.32. The molecule has 0 saturated heterocycles. The molecular formula is C10H16N2OS. The van der Waals surface area contributed by atoms with Gasteiger partial charge >= 0.3 is 0 Å². The highest BCUT2D eigenvalue weighted by molar-refractivity contribution is 7.07. The maximum atomic E-state index is 9.26. The quantitative estimate of drug-likeness (QED) is 0.798. The topological polar surface area (TPSA) is 45.1 Å². The second-order valence-electron chi connectivity index (χ2n) is 3.80. The second-order valence-corrected chi connectivity index (χ2v) is 4.52. The molecule has 1 aliphatic carbocycles. The number of thiazole rings is 1. The van der Waals surface area contributed by atoms with Crippen LogP contribution in [-0.4, -0.2) is 22.7 Å². The van der Waals surface area contributed by atoms with E-state index in [0.29, 0.717) is 6.04 Å². The number of nitrogens with one attached hydrogen (secondary N) is 1. The van der Waals surface area contributed by atoms with Gasteiger partial charge in [-0.1, -0.05) is 12.8 Å². The number of aromatic nitrogens is 1. The summed E-state index contributed by atoms with van der Waals surface area (Å²) >= 11 is 1.58. The van der Waals surface area contributed by atoms with E-state index in [0.717, 1.165) is 5.69 Å². The summed E-state index contributed by atoms with van der Waals surface area (Å²) in [6, 6.07) is 0.609. The smallest absolute Gasteiger partial charge is 0.0795 e. The zero-order valence-electron chi connectivity index (χ0n) is 8.15. The zero-order chi connectivity index (χ0) is 9.80. The lowest BCUT2D eigenvalue weighted by Gasteiger charge is -2.19. The number of hydrogen-bond acceptors (Lipinski definition) is 4. The van der Waals surface area contributed by atoms with Gasteiger partial charge in [-0.25, -0.2) is 4.98 Å². The molecule has 4 heteroatoms. The molecule has 1 aromatic rings. The van der Waals surface area contributed by atoms with E-state index < -0.39 is 0 Å². The number of hydrogen-bond donors (Lipinski definition) is 2. The van der Waals surface area contributed by atoms with Crippen molar-refractivity contribution in [2.45, 2.75) is 37.8 Å². The van der Waals surface area contributed by atoms with Gasteiger partial charge in [0.2, 0.25) is 0 Å². The molecule has 2 N–H and O–H groups in total. The van der Waals surface area contributed by atoms with Crippen LogP contribution >= 0.6 is 11.3 Å². The summed E-state index contributed by atoms with van der Waals surface area (Å²) in [7, 11) is 0. The monoisotopic (exact) mass is 212 g/mol. The molecule has 1 saturated carbocycles. The molecular weight excluding hydrogens is 196 g/mol. The van der Waals surface area contributed by atoms with Gasteiger partial charge in [0.05, 0.1) is 23.9 Å². The van der Waals surface area contributed by atoms with Gasteiger partial charge in [-0.2, -0.15) is 0 Å². The van der Waals surface area contributed by atoms with Crippen molar-refractivity contribution in [3.8, 4) is 0 Å². The van der Waals surface area contributed by atoms with Gasteiger partial charge < -0.3 is 10.4 Å². The Bertz CT molecular complexity index is 257. The van der Waals surface area contributed by atoms with Crippen LogP contribution in [0.3, 0.4) is 0 Å². The third-order valence-corrected chi connectivity index (χ3v) is 3.39. The molecule has 0 bridgehead atoms.